The standard InChI is InChI=1S/C21H21NO4/c23-19-16-8-4-5-9-17(16)26-21(10-12-22-13-11-21)18(19)20(24)25-14-15-6-2-1-3-7-15/h1-9,18,22H,10-14H2. The predicted octanol–water partition coefficient (Wildman–Crippen LogP) is 2.74. The second-order valence-corrected chi connectivity index (χ2v) is 6.80. The van der Waals surface area contributed by atoms with Crippen molar-refractivity contribution in [2.45, 2.75) is 25.0 Å². The van der Waals surface area contributed by atoms with E-state index < -0.39 is 17.5 Å². The van der Waals surface area contributed by atoms with E-state index in [-0.39, 0.29) is 12.4 Å². The van der Waals surface area contributed by atoms with Gasteiger partial charge in [0.1, 0.15) is 18.0 Å². The maximum atomic E-state index is 13.1. The monoisotopic (exact) mass is 351 g/mol. The zero-order valence-corrected chi connectivity index (χ0v) is 14.4. The zero-order valence-electron chi connectivity index (χ0n) is 14.4. The van der Waals surface area contributed by atoms with Crippen LogP contribution in [0.5, 0.6) is 5.75 Å². The van der Waals surface area contributed by atoms with Gasteiger partial charge in [-0.2, -0.15) is 0 Å². The Morgan fingerprint density at radius 3 is 2.54 bits per heavy atom. The van der Waals surface area contributed by atoms with Crippen molar-refractivity contribution in [3.8, 4) is 5.75 Å². The first kappa shape index (κ1) is 16.8. The van der Waals surface area contributed by atoms with Crippen LogP contribution in [-0.4, -0.2) is 30.4 Å². The maximum absolute atomic E-state index is 13.1. The Labute approximate surface area is 152 Å². The molecule has 0 amide bonds. The smallest absolute Gasteiger partial charge is 0.321 e. The number of para-hydroxylation sites is 1. The number of carbonyl (C=O) groups is 2. The molecule has 1 saturated heterocycles. The summed E-state index contributed by atoms with van der Waals surface area (Å²) in [5.41, 5.74) is 0.521. The molecule has 0 bridgehead atoms. The summed E-state index contributed by atoms with van der Waals surface area (Å²) in [6.07, 6.45) is 1.19. The van der Waals surface area contributed by atoms with E-state index in [4.69, 9.17) is 9.47 Å². The second kappa shape index (κ2) is 6.92. The van der Waals surface area contributed by atoms with Gasteiger partial charge in [-0.3, -0.25) is 9.59 Å². The molecule has 0 aromatic heterocycles. The SMILES string of the molecule is O=C(OCc1ccccc1)C1C(=O)c2ccccc2OC12CCNCC2. The van der Waals surface area contributed by atoms with E-state index in [9.17, 15) is 9.59 Å². The van der Waals surface area contributed by atoms with E-state index in [2.05, 4.69) is 5.32 Å². The van der Waals surface area contributed by atoms with Crippen LogP contribution in [0.2, 0.25) is 0 Å². The van der Waals surface area contributed by atoms with Crippen LogP contribution in [0, 0.1) is 5.92 Å². The van der Waals surface area contributed by atoms with Gasteiger partial charge in [-0.25, -0.2) is 0 Å². The molecule has 2 aliphatic heterocycles. The van der Waals surface area contributed by atoms with Gasteiger partial charge in [0.25, 0.3) is 0 Å². The first-order chi connectivity index (χ1) is 12.7. The van der Waals surface area contributed by atoms with Crippen LogP contribution in [0.25, 0.3) is 0 Å². The number of nitrogens with one attached hydrogen (secondary N) is 1. The largest absolute Gasteiger partial charge is 0.485 e. The van der Waals surface area contributed by atoms with Crippen molar-refractivity contribution in [3.05, 3.63) is 65.7 Å². The number of Topliss-reactive ketones (excluding diaryl/α,β-unsaturated/α-hetero) is 1. The molecule has 2 aromatic rings. The van der Waals surface area contributed by atoms with Gasteiger partial charge in [-0.15, -0.1) is 0 Å². The lowest BCUT2D eigenvalue weighted by molar-refractivity contribution is -0.157. The first-order valence-electron chi connectivity index (χ1n) is 8.93. The van der Waals surface area contributed by atoms with Gasteiger partial charge < -0.3 is 14.8 Å². The molecule has 1 fully saturated rings. The molecule has 0 aliphatic carbocycles. The minimum absolute atomic E-state index is 0.152. The number of piperidine rings is 1. The predicted molar refractivity (Wildman–Crippen MR) is 96.0 cm³/mol. The van der Waals surface area contributed by atoms with E-state index in [1.165, 1.54) is 0 Å². The van der Waals surface area contributed by atoms with Gasteiger partial charge in [0, 0.05) is 12.8 Å². The third kappa shape index (κ3) is 2.99. The second-order valence-electron chi connectivity index (χ2n) is 6.80. The Kier molecular flexibility index (Phi) is 4.47. The molecule has 1 spiro atoms. The molecule has 1 unspecified atom stereocenters. The van der Waals surface area contributed by atoms with Gasteiger partial charge >= 0.3 is 5.97 Å². The first-order valence-corrected chi connectivity index (χ1v) is 8.93. The molecule has 26 heavy (non-hydrogen) atoms. The number of hydrogen-bond acceptors (Lipinski definition) is 5. The molecule has 5 heteroatoms. The number of fused-ring (bicyclic) bond motifs is 1. The Morgan fingerprint density at radius 1 is 1.08 bits per heavy atom. The molecular weight excluding hydrogens is 330 g/mol. The highest BCUT2D eigenvalue weighted by Gasteiger charge is 2.54. The summed E-state index contributed by atoms with van der Waals surface area (Å²) in [7, 11) is 0. The van der Waals surface area contributed by atoms with Gasteiger partial charge in [0.05, 0.1) is 5.56 Å². The average Bonchev–Trinajstić information content (AvgIpc) is 2.68. The van der Waals surface area contributed by atoms with Crippen LogP contribution in [0.1, 0.15) is 28.8 Å². The minimum Gasteiger partial charge on any atom is -0.485 e. The number of ketones is 1. The summed E-state index contributed by atoms with van der Waals surface area (Å²) in [4.78, 5) is 26.1. The van der Waals surface area contributed by atoms with E-state index in [0.717, 1.165) is 5.56 Å². The van der Waals surface area contributed by atoms with Crippen LogP contribution >= 0.6 is 0 Å². The summed E-state index contributed by atoms with van der Waals surface area (Å²) in [5, 5.41) is 3.27. The van der Waals surface area contributed by atoms with Crippen LogP contribution in [-0.2, 0) is 16.1 Å². The molecule has 134 valence electrons. The van der Waals surface area contributed by atoms with Crippen molar-refractivity contribution in [1.29, 1.82) is 0 Å². The van der Waals surface area contributed by atoms with E-state index in [1.54, 1.807) is 18.2 Å². The zero-order chi connectivity index (χ0) is 18.0. The maximum Gasteiger partial charge on any atom is 0.321 e. The number of esters is 1. The van der Waals surface area contributed by atoms with Crippen LogP contribution < -0.4 is 10.1 Å². The molecular formula is C21H21NO4. The van der Waals surface area contributed by atoms with Gasteiger partial charge in [0.15, 0.2) is 11.7 Å². The molecule has 2 aliphatic rings. The number of carbonyl (C=O) groups excluding carboxylic acids is 2. The van der Waals surface area contributed by atoms with Crippen molar-refractivity contribution in [2.24, 2.45) is 5.92 Å². The van der Waals surface area contributed by atoms with Crippen molar-refractivity contribution >= 4 is 11.8 Å². The van der Waals surface area contributed by atoms with Crippen molar-refractivity contribution in [1.82, 2.24) is 5.32 Å². The van der Waals surface area contributed by atoms with Gasteiger partial charge in [-0.05, 0) is 30.8 Å². The molecule has 4 rings (SSSR count). The number of hydrogen-bond donors (Lipinski definition) is 1. The van der Waals surface area contributed by atoms with E-state index in [1.807, 2.05) is 36.4 Å². The fourth-order valence-corrected chi connectivity index (χ4v) is 3.81. The summed E-state index contributed by atoms with van der Waals surface area (Å²) in [6.45, 7) is 1.56. The van der Waals surface area contributed by atoms with Gasteiger partial charge in [0.2, 0.25) is 0 Å². The molecule has 0 radical (unpaired) electrons. The molecule has 5 nitrogen and oxygen atoms in total. The van der Waals surface area contributed by atoms with Crippen molar-refractivity contribution in [2.75, 3.05) is 13.1 Å². The molecule has 0 saturated carbocycles. The highest BCUT2D eigenvalue weighted by Crippen LogP contribution is 2.42. The van der Waals surface area contributed by atoms with E-state index in [0.29, 0.717) is 37.2 Å². The van der Waals surface area contributed by atoms with Crippen molar-refractivity contribution < 1.29 is 19.1 Å². The number of rotatable bonds is 3. The Morgan fingerprint density at radius 2 is 1.77 bits per heavy atom. The topological polar surface area (TPSA) is 64.6 Å². The van der Waals surface area contributed by atoms with Crippen molar-refractivity contribution in [3.63, 3.8) is 0 Å². The van der Waals surface area contributed by atoms with Crippen LogP contribution in [0.4, 0.5) is 0 Å². The molecule has 1 atom stereocenters. The lowest BCUT2D eigenvalue weighted by Crippen LogP contribution is -2.58. The van der Waals surface area contributed by atoms with E-state index >= 15 is 0 Å². The fourth-order valence-electron chi connectivity index (χ4n) is 3.81. The van der Waals surface area contributed by atoms with Gasteiger partial charge in [-0.1, -0.05) is 42.5 Å². The quantitative estimate of drug-likeness (QED) is 0.680. The lowest BCUT2D eigenvalue weighted by Gasteiger charge is -2.44. The third-order valence-corrected chi connectivity index (χ3v) is 5.16. The lowest BCUT2D eigenvalue weighted by atomic mass is 9.74. The summed E-state index contributed by atoms with van der Waals surface area (Å²) >= 11 is 0. The molecule has 2 aromatic carbocycles. The highest BCUT2D eigenvalue weighted by atomic mass is 16.5. The van der Waals surface area contributed by atoms with Crippen LogP contribution in [0.3, 0.4) is 0 Å². The summed E-state index contributed by atoms with van der Waals surface area (Å²) in [5.74, 6) is -1.07. The summed E-state index contributed by atoms with van der Waals surface area (Å²) in [6, 6.07) is 16.6. The normalized spacial score (nSPS) is 20.9. The molecule has 2 heterocycles. The molecule has 1 N–H and O–H groups in total. The Hall–Kier alpha value is -2.66. The highest BCUT2D eigenvalue weighted by molar-refractivity contribution is 6.12. The third-order valence-electron chi connectivity index (χ3n) is 5.16. The summed E-state index contributed by atoms with van der Waals surface area (Å²) < 4.78 is 11.8. The average molecular weight is 351 g/mol. The van der Waals surface area contributed by atoms with Crippen LogP contribution in [0.15, 0.2) is 54.6 Å². The number of ether oxygens (including phenoxy) is 2. The number of benzene rings is 2. The minimum atomic E-state index is -0.928. The fraction of sp³-hybridized carbons (Fsp3) is 0.333. The Balaban J connectivity index is 1.62. The Bertz CT molecular complexity index is 812.